The van der Waals surface area contributed by atoms with E-state index in [9.17, 15) is 21.2 Å². The lowest BCUT2D eigenvalue weighted by Gasteiger charge is -2.16. The summed E-state index contributed by atoms with van der Waals surface area (Å²) in [6.07, 6.45) is 1.42. The van der Waals surface area contributed by atoms with Gasteiger partial charge in [-0.3, -0.25) is 0 Å². The monoisotopic (exact) mass is 321 g/mol. The summed E-state index contributed by atoms with van der Waals surface area (Å²) in [5, 5.41) is -0.648. The van der Waals surface area contributed by atoms with Crippen molar-refractivity contribution in [2.75, 3.05) is 19.3 Å². The van der Waals surface area contributed by atoms with Gasteiger partial charge in [0.15, 0.2) is 9.84 Å². The van der Waals surface area contributed by atoms with Gasteiger partial charge in [-0.05, 0) is 24.1 Å². The van der Waals surface area contributed by atoms with Crippen LogP contribution in [-0.2, 0) is 25.6 Å². The third kappa shape index (κ3) is 3.56. The standard InChI is InChI=1S/C12H16FNO4S2/c1-19(15,16)12-5-6-14(8-12)20(17,18)9-10-3-2-4-11(13)7-10/h2-4,7,12H,5-6,8-9H2,1H3. The number of nitrogens with zero attached hydrogens (tertiary/aromatic N) is 1. The quantitative estimate of drug-likeness (QED) is 0.821. The van der Waals surface area contributed by atoms with E-state index < -0.39 is 30.9 Å². The molecule has 5 nitrogen and oxygen atoms in total. The first kappa shape index (κ1) is 15.4. The van der Waals surface area contributed by atoms with Crippen LogP contribution in [-0.4, -0.2) is 45.7 Å². The van der Waals surface area contributed by atoms with E-state index in [0.717, 1.165) is 6.26 Å². The van der Waals surface area contributed by atoms with Gasteiger partial charge < -0.3 is 0 Å². The summed E-state index contributed by atoms with van der Waals surface area (Å²) in [5.41, 5.74) is 0.354. The molecule has 112 valence electrons. The number of sulfonamides is 1. The molecule has 0 radical (unpaired) electrons. The van der Waals surface area contributed by atoms with E-state index in [1.165, 1.54) is 28.6 Å². The van der Waals surface area contributed by atoms with Crippen molar-refractivity contribution in [1.29, 1.82) is 0 Å². The van der Waals surface area contributed by atoms with Gasteiger partial charge in [0.25, 0.3) is 0 Å². The van der Waals surface area contributed by atoms with E-state index >= 15 is 0 Å². The molecule has 0 bridgehead atoms. The van der Waals surface area contributed by atoms with Crippen LogP contribution in [0.4, 0.5) is 4.39 Å². The Balaban J connectivity index is 2.13. The second kappa shape index (κ2) is 5.42. The number of rotatable bonds is 4. The highest BCUT2D eigenvalue weighted by molar-refractivity contribution is 7.91. The fraction of sp³-hybridized carbons (Fsp3) is 0.500. The van der Waals surface area contributed by atoms with E-state index in [0.29, 0.717) is 12.0 Å². The van der Waals surface area contributed by atoms with Gasteiger partial charge in [-0.25, -0.2) is 25.5 Å². The van der Waals surface area contributed by atoms with Crippen molar-refractivity contribution in [3.05, 3.63) is 35.6 Å². The Morgan fingerprint density at radius 3 is 2.55 bits per heavy atom. The van der Waals surface area contributed by atoms with E-state index in [-0.39, 0.29) is 18.8 Å². The average molecular weight is 321 g/mol. The summed E-state index contributed by atoms with van der Waals surface area (Å²) in [6.45, 7) is 0.172. The van der Waals surface area contributed by atoms with Crippen molar-refractivity contribution >= 4 is 19.9 Å². The minimum Gasteiger partial charge on any atom is -0.229 e. The lowest BCUT2D eigenvalue weighted by molar-refractivity contribution is 0.476. The molecule has 1 fully saturated rings. The SMILES string of the molecule is CS(=O)(=O)C1CCN(S(=O)(=O)Cc2cccc(F)c2)C1. The molecule has 1 unspecified atom stereocenters. The molecule has 0 spiro atoms. The van der Waals surface area contributed by atoms with Crippen LogP contribution < -0.4 is 0 Å². The molecule has 1 saturated heterocycles. The van der Waals surface area contributed by atoms with Crippen LogP contribution in [0, 0.1) is 5.82 Å². The van der Waals surface area contributed by atoms with Crippen molar-refractivity contribution in [2.24, 2.45) is 0 Å². The third-order valence-electron chi connectivity index (χ3n) is 3.34. The summed E-state index contributed by atoms with van der Waals surface area (Å²) in [6, 6.07) is 5.39. The predicted octanol–water partition coefficient (Wildman–Crippen LogP) is 0.774. The minimum atomic E-state index is -3.62. The number of halogens is 1. The second-order valence-electron chi connectivity index (χ2n) is 4.98. The third-order valence-corrected chi connectivity index (χ3v) is 6.76. The van der Waals surface area contributed by atoms with E-state index in [4.69, 9.17) is 0 Å². The molecular formula is C12H16FNO4S2. The van der Waals surface area contributed by atoms with Crippen molar-refractivity contribution < 1.29 is 21.2 Å². The minimum absolute atomic E-state index is 0.0174. The Kier molecular flexibility index (Phi) is 4.17. The molecule has 1 aromatic rings. The molecule has 1 aliphatic rings. The predicted molar refractivity (Wildman–Crippen MR) is 73.8 cm³/mol. The highest BCUT2D eigenvalue weighted by Crippen LogP contribution is 2.21. The van der Waals surface area contributed by atoms with Gasteiger partial charge in [0.2, 0.25) is 10.0 Å². The highest BCUT2D eigenvalue weighted by atomic mass is 32.2. The molecule has 0 aromatic heterocycles. The van der Waals surface area contributed by atoms with Crippen LogP contribution in [0.3, 0.4) is 0 Å². The molecule has 0 saturated carbocycles. The fourth-order valence-electron chi connectivity index (χ4n) is 2.23. The Hall–Kier alpha value is -0.990. The van der Waals surface area contributed by atoms with Crippen LogP contribution in [0.25, 0.3) is 0 Å². The first-order valence-corrected chi connectivity index (χ1v) is 9.66. The van der Waals surface area contributed by atoms with E-state index in [2.05, 4.69) is 0 Å². The van der Waals surface area contributed by atoms with Gasteiger partial charge >= 0.3 is 0 Å². The van der Waals surface area contributed by atoms with Crippen molar-refractivity contribution in [2.45, 2.75) is 17.4 Å². The summed E-state index contributed by atoms with van der Waals surface area (Å²) in [5.74, 6) is -0.811. The van der Waals surface area contributed by atoms with Crippen molar-refractivity contribution in [3.63, 3.8) is 0 Å². The molecule has 2 rings (SSSR count). The van der Waals surface area contributed by atoms with Gasteiger partial charge in [-0.2, -0.15) is 0 Å². The lowest BCUT2D eigenvalue weighted by Crippen LogP contribution is -2.32. The van der Waals surface area contributed by atoms with Gasteiger partial charge in [0.05, 0.1) is 11.0 Å². The molecule has 0 aliphatic carbocycles. The summed E-state index contributed by atoms with van der Waals surface area (Å²) >= 11 is 0. The number of hydrogen-bond acceptors (Lipinski definition) is 4. The maximum Gasteiger partial charge on any atom is 0.218 e. The summed E-state index contributed by atoms with van der Waals surface area (Å²) in [7, 11) is -6.86. The molecular weight excluding hydrogens is 305 g/mol. The average Bonchev–Trinajstić information content (AvgIpc) is 2.77. The Labute approximate surface area is 118 Å². The molecule has 8 heteroatoms. The molecule has 20 heavy (non-hydrogen) atoms. The van der Waals surface area contributed by atoms with Crippen LogP contribution in [0.15, 0.2) is 24.3 Å². The molecule has 0 amide bonds. The first-order valence-electron chi connectivity index (χ1n) is 6.09. The first-order chi connectivity index (χ1) is 9.18. The molecule has 1 aromatic carbocycles. The molecule has 1 aliphatic heterocycles. The van der Waals surface area contributed by atoms with Crippen LogP contribution in [0.5, 0.6) is 0 Å². The maximum absolute atomic E-state index is 13.1. The van der Waals surface area contributed by atoms with Crippen LogP contribution in [0.2, 0.25) is 0 Å². The smallest absolute Gasteiger partial charge is 0.218 e. The molecule has 1 atom stereocenters. The Bertz CT molecular complexity index is 700. The number of sulfone groups is 1. The Morgan fingerprint density at radius 1 is 1.30 bits per heavy atom. The van der Waals surface area contributed by atoms with Gasteiger partial charge in [0, 0.05) is 19.3 Å². The van der Waals surface area contributed by atoms with Gasteiger partial charge in [0.1, 0.15) is 5.82 Å². The van der Waals surface area contributed by atoms with Crippen LogP contribution >= 0.6 is 0 Å². The highest BCUT2D eigenvalue weighted by Gasteiger charge is 2.36. The maximum atomic E-state index is 13.1. The molecule has 1 heterocycles. The lowest BCUT2D eigenvalue weighted by atomic mass is 10.2. The fourth-order valence-corrected chi connectivity index (χ4v) is 4.88. The van der Waals surface area contributed by atoms with Crippen molar-refractivity contribution in [3.8, 4) is 0 Å². The summed E-state index contributed by atoms with van der Waals surface area (Å²) in [4.78, 5) is 0. The second-order valence-corrected chi connectivity index (χ2v) is 9.28. The van der Waals surface area contributed by atoms with E-state index in [1.807, 2.05) is 0 Å². The van der Waals surface area contributed by atoms with Crippen LogP contribution in [0.1, 0.15) is 12.0 Å². The Morgan fingerprint density at radius 2 is 2.00 bits per heavy atom. The van der Waals surface area contributed by atoms with Crippen molar-refractivity contribution in [1.82, 2.24) is 4.31 Å². The van der Waals surface area contributed by atoms with Gasteiger partial charge in [-0.1, -0.05) is 12.1 Å². The summed E-state index contributed by atoms with van der Waals surface area (Å²) < 4.78 is 61.5. The zero-order chi connectivity index (χ0) is 15.0. The van der Waals surface area contributed by atoms with Gasteiger partial charge in [-0.15, -0.1) is 0 Å². The topological polar surface area (TPSA) is 71.5 Å². The number of benzene rings is 1. The largest absolute Gasteiger partial charge is 0.229 e. The zero-order valence-corrected chi connectivity index (χ0v) is 12.6. The number of hydrogen-bond donors (Lipinski definition) is 0. The normalized spacial score (nSPS) is 21.2. The van der Waals surface area contributed by atoms with E-state index in [1.54, 1.807) is 0 Å². The molecule has 0 N–H and O–H groups in total. The zero-order valence-electron chi connectivity index (χ0n) is 11.0.